The van der Waals surface area contributed by atoms with E-state index in [1.165, 1.54) is 7.11 Å². The lowest BCUT2D eigenvalue weighted by Gasteiger charge is -1.99. The molecule has 1 aromatic carbocycles. The Balaban J connectivity index is 2.32. The predicted octanol–water partition coefficient (Wildman–Crippen LogP) is 1.84. The molecule has 0 bridgehead atoms. The minimum atomic E-state index is 0.122. The molecule has 1 heterocycles. The standard InChI is InChI=1S/C11H11N3O/c1-15-11(12)9-7-13-14(8-9)10-5-3-2-4-6-10/h2-8,12H,1H3. The van der Waals surface area contributed by atoms with Gasteiger partial charge in [0.05, 0.1) is 24.6 Å². The number of benzene rings is 1. The Morgan fingerprint density at radius 1 is 1.33 bits per heavy atom. The highest BCUT2D eigenvalue weighted by atomic mass is 16.5. The molecule has 2 rings (SSSR count). The fourth-order valence-corrected chi connectivity index (χ4v) is 1.28. The van der Waals surface area contributed by atoms with Crippen LogP contribution in [-0.2, 0) is 4.74 Å². The van der Waals surface area contributed by atoms with E-state index in [0.29, 0.717) is 5.56 Å². The van der Waals surface area contributed by atoms with Gasteiger partial charge in [0.15, 0.2) is 0 Å². The van der Waals surface area contributed by atoms with Crippen molar-refractivity contribution in [3.8, 4) is 5.69 Å². The molecule has 2 aromatic rings. The van der Waals surface area contributed by atoms with Crippen molar-refractivity contribution in [3.63, 3.8) is 0 Å². The first-order valence-corrected chi connectivity index (χ1v) is 4.54. The summed E-state index contributed by atoms with van der Waals surface area (Å²) in [6, 6.07) is 9.74. The van der Waals surface area contributed by atoms with Crippen LogP contribution in [0.15, 0.2) is 42.7 Å². The third kappa shape index (κ3) is 1.88. The van der Waals surface area contributed by atoms with Crippen LogP contribution in [0.1, 0.15) is 5.56 Å². The molecular formula is C11H11N3O. The van der Waals surface area contributed by atoms with E-state index >= 15 is 0 Å². The highest BCUT2D eigenvalue weighted by Gasteiger charge is 2.04. The van der Waals surface area contributed by atoms with Gasteiger partial charge < -0.3 is 4.74 Å². The van der Waals surface area contributed by atoms with Gasteiger partial charge in [-0.2, -0.15) is 5.10 Å². The largest absolute Gasteiger partial charge is 0.481 e. The molecule has 0 spiro atoms. The second-order valence-corrected chi connectivity index (χ2v) is 3.04. The van der Waals surface area contributed by atoms with Crippen molar-refractivity contribution >= 4 is 5.90 Å². The number of para-hydroxylation sites is 1. The number of rotatable bonds is 2. The Bertz CT molecular complexity index is 462. The highest BCUT2D eigenvalue weighted by Crippen LogP contribution is 2.07. The second-order valence-electron chi connectivity index (χ2n) is 3.04. The Morgan fingerprint density at radius 2 is 2.07 bits per heavy atom. The van der Waals surface area contributed by atoms with E-state index < -0.39 is 0 Å². The monoisotopic (exact) mass is 201 g/mol. The van der Waals surface area contributed by atoms with E-state index in [4.69, 9.17) is 10.1 Å². The van der Waals surface area contributed by atoms with Crippen LogP contribution in [0.5, 0.6) is 0 Å². The van der Waals surface area contributed by atoms with Gasteiger partial charge in [-0.05, 0) is 12.1 Å². The van der Waals surface area contributed by atoms with Crippen molar-refractivity contribution in [1.82, 2.24) is 9.78 Å². The zero-order chi connectivity index (χ0) is 10.7. The molecule has 1 N–H and O–H groups in total. The lowest BCUT2D eigenvalue weighted by atomic mass is 10.3. The normalized spacial score (nSPS) is 9.93. The molecule has 0 fully saturated rings. The van der Waals surface area contributed by atoms with Crippen LogP contribution >= 0.6 is 0 Å². The van der Waals surface area contributed by atoms with Gasteiger partial charge in [0, 0.05) is 6.20 Å². The summed E-state index contributed by atoms with van der Waals surface area (Å²) in [5.74, 6) is 0.122. The molecule has 0 atom stereocenters. The molecule has 0 saturated heterocycles. The summed E-state index contributed by atoms with van der Waals surface area (Å²) in [5.41, 5.74) is 1.63. The van der Waals surface area contributed by atoms with Crippen molar-refractivity contribution in [3.05, 3.63) is 48.3 Å². The van der Waals surface area contributed by atoms with Gasteiger partial charge in [-0.1, -0.05) is 18.2 Å². The fourth-order valence-electron chi connectivity index (χ4n) is 1.28. The van der Waals surface area contributed by atoms with Crippen LogP contribution in [0.4, 0.5) is 0 Å². The van der Waals surface area contributed by atoms with Crippen molar-refractivity contribution in [1.29, 1.82) is 5.41 Å². The lowest BCUT2D eigenvalue weighted by molar-refractivity contribution is 0.401. The molecule has 0 amide bonds. The zero-order valence-electron chi connectivity index (χ0n) is 8.34. The van der Waals surface area contributed by atoms with E-state index in [1.54, 1.807) is 17.1 Å². The van der Waals surface area contributed by atoms with Crippen LogP contribution < -0.4 is 0 Å². The maximum Gasteiger partial charge on any atom is 0.216 e. The average Bonchev–Trinajstić information content (AvgIpc) is 2.78. The summed E-state index contributed by atoms with van der Waals surface area (Å²) in [6.45, 7) is 0. The minimum absolute atomic E-state index is 0.122. The summed E-state index contributed by atoms with van der Waals surface area (Å²) in [7, 11) is 1.47. The van der Waals surface area contributed by atoms with Gasteiger partial charge in [0.25, 0.3) is 0 Å². The Kier molecular flexibility index (Phi) is 2.49. The Labute approximate surface area is 87.6 Å². The summed E-state index contributed by atoms with van der Waals surface area (Å²) in [5, 5.41) is 11.6. The molecule has 0 unspecified atom stereocenters. The fraction of sp³-hybridized carbons (Fsp3) is 0.0909. The Morgan fingerprint density at radius 3 is 2.73 bits per heavy atom. The van der Waals surface area contributed by atoms with Crippen LogP contribution in [-0.4, -0.2) is 22.8 Å². The van der Waals surface area contributed by atoms with E-state index in [1.807, 2.05) is 30.3 Å². The van der Waals surface area contributed by atoms with E-state index in [9.17, 15) is 0 Å². The minimum Gasteiger partial charge on any atom is -0.481 e. The van der Waals surface area contributed by atoms with Crippen LogP contribution in [0.2, 0.25) is 0 Å². The molecule has 0 radical (unpaired) electrons. The van der Waals surface area contributed by atoms with Gasteiger partial charge in [-0.15, -0.1) is 0 Å². The molecule has 0 aliphatic carbocycles. The van der Waals surface area contributed by atoms with Crippen molar-refractivity contribution < 1.29 is 4.74 Å². The van der Waals surface area contributed by atoms with Crippen LogP contribution in [0.3, 0.4) is 0 Å². The van der Waals surface area contributed by atoms with Gasteiger partial charge in [0.1, 0.15) is 0 Å². The quantitative estimate of drug-likeness (QED) is 0.595. The van der Waals surface area contributed by atoms with Crippen molar-refractivity contribution in [2.45, 2.75) is 0 Å². The second kappa shape index (κ2) is 3.96. The van der Waals surface area contributed by atoms with Crippen LogP contribution in [0, 0.1) is 5.41 Å². The summed E-state index contributed by atoms with van der Waals surface area (Å²) < 4.78 is 6.53. The van der Waals surface area contributed by atoms with Crippen molar-refractivity contribution in [2.75, 3.05) is 7.11 Å². The molecule has 0 saturated carbocycles. The van der Waals surface area contributed by atoms with E-state index in [-0.39, 0.29) is 5.90 Å². The molecule has 15 heavy (non-hydrogen) atoms. The van der Waals surface area contributed by atoms with E-state index in [2.05, 4.69) is 5.10 Å². The number of nitrogens with one attached hydrogen (secondary N) is 1. The predicted molar refractivity (Wildman–Crippen MR) is 57.4 cm³/mol. The maximum atomic E-state index is 7.48. The van der Waals surface area contributed by atoms with Gasteiger partial charge in [-0.25, -0.2) is 4.68 Å². The number of nitrogens with zero attached hydrogens (tertiary/aromatic N) is 2. The molecular weight excluding hydrogens is 190 g/mol. The third-order valence-electron chi connectivity index (χ3n) is 2.07. The highest BCUT2D eigenvalue weighted by molar-refractivity contribution is 5.90. The van der Waals surface area contributed by atoms with Gasteiger partial charge in [-0.3, -0.25) is 5.41 Å². The summed E-state index contributed by atoms with van der Waals surface area (Å²) in [4.78, 5) is 0. The number of hydrogen-bond acceptors (Lipinski definition) is 3. The average molecular weight is 201 g/mol. The molecule has 0 aliphatic heterocycles. The van der Waals surface area contributed by atoms with Gasteiger partial charge >= 0.3 is 0 Å². The SMILES string of the molecule is COC(=N)c1cnn(-c2ccccc2)c1. The first kappa shape index (κ1) is 9.45. The zero-order valence-corrected chi connectivity index (χ0v) is 8.34. The number of methoxy groups -OCH3 is 1. The first-order valence-electron chi connectivity index (χ1n) is 4.54. The van der Waals surface area contributed by atoms with E-state index in [0.717, 1.165) is 5.69 Å². The maximum absolute atomic E-state index is 7.48. The molecule has 4 heteroatoms. The van der Waals surface area contributed by atoms with Crippen LogP contribution in [0.25, 0.3) is 5.69 Å². The Hall–Kier alpha value is -2.10. The number of hydrogen-bond donors (Lipinski definition) is 1. The molecule has 4 nitrogen and oxygen atoms in total. The summed E-state index contributed by atoms with van der Waals surface area (Å²) in [6.07, 6.45) is 3.38. The topological polar surface area (TPSA) is 50.9 Å². The number of ether oxygens (including phenoxy) is 1. The first-order chi connectivity index (χ1) is 7.31. The van der Waals surface area contributed by atoms with Crippen molar-refractivity contribution in [2.24, 2.45) is 0 Å². The van der Waals surface area contributed by atoms with Gasteiger partial charge in [0.2, 0.25) is 5.90 Å². The smallest absolute Gasteiger partial charge is 0.216 e. The third-order valence-corrected chi connectivity index (χ3v) is 2.07. The molecule has 76 valence electrons. The summed E-state index contributed by atoms with van der Waals surface area (Å²) >= 11 is 0. The number of aromatic nitrogens is 2. The molecule has 1 aromatic heterocycles. The lowest BCUT2D eigenvalue weighted by Crippen LogP contribution is -1.99. The molecule has 0 aliphatic rings.